The summed E-state index contributed by atoms with van der Waals surface area (Å²) < 4.78 is 5.60. The molecule has 6 nitrogen and oxygen atoms in total. The highest BCUT2D eigenvalue weighted by molar-refractivity contribution is 5.76. The fourth-order valence-electron chi connectivity index (χ4n) is 3.60. The van der Waals surface area contributed by atoms with Crippen molar-refractivity contribution in [3.8, 4) is 11.8 Å². The van der Waals surface area contributed by atoms with E-state index >= 15 is 0 Å². The molecule has 30 heavy (non-hydrogen) atoms. The van der Waals surface area contributed by atoms with Crippen LogP contribution in [0.1, 0.15) is 24.0 Å². The Morgan fingerprint density at radius 1 is 1.07 bits per heavy atom. The zero-order chi connectivity index (χ0) is 21.2. The second-order valence-electron chi connectivity index (χ2n) is 7.62. The van der Waals surface area contributed by atoms with E-state index in [2.05, 4.69) is 23.1 Å². The molecule has 0 aromatic heterocycles. The van der Waals surface area contributed by atoms with Gasteiger partial charge < -0.3 is 14.7 Å². The minimum atomic E-state index is -0.603. The predicted octanol–water partition coefficient (Wildman–Crippen LogP) is 2.47. The lowest BCUT2D eigenvalue weighted by Gasteiger charge is -2.35. The predicted molar refractivity (Wildman–Crippen MR) is 115 cm³/mol. The summed E-state index contributed by atoms with van der Waals surface area (Å²) in [6, 6.07) is 19.2. The van der Waals surface area contributed by atoms with E-state index in [4.69, 9.17) is 10.00 Å². The Morgan fingerprint density at radius 3 is 2.43 bits per heavy atom. The lowest BCUT2D eigenvalue weighted by molar-refractivity contribution is -0.133. The van der Waals surface area contributed by atoms with Crippen molar-refractivity contribution in [3.05, 3.63) is 65.7 Å². The molecule has 1 heterocycles. The van der Waals surface area contributed by atoms with E-state index in [0.717, 1.165) is 25.9 Å². The third-order valence-corrected chi connectivity index (χ3v) is 5.32. The van der Waals surface area contributed by atoms with Crippen molar-refractivity contribution in [2.45, 2.75) is 25.4 Å². The normalized spacial score (nSPS) is 15.4. The van der Waals surface area contributed by atoms with Crippen molar-refractivity contribution in [2.75, 3.05) is 39.3 Å². The van der Waals surface area contributed by atoms with Gasteiger partial charge in [-0.25, -0.2) is 0 Å². The summed E-state index contributed by atoms with van der Waals surface area (Å²) in [5, 5.41) is 19.1. The van der Waals surface area contributed by atoms with Gasteiger partial charge in [-0.1, -0.05) is 30.3 Å². The Balaban J connectivity index is 1.31. The second-order valence-corrected chi connectivity index (χ2v) is 7.62. The summed E-state index contributed by atoms with van der Waals surface area (Å²) in [4.78, 5) is 16.5. The second kappa shape index (κ2) is 11.3. The average Bonchev–Trinajstić information content (AvgIpc) is 2.79. The van der Waals surface area contributed by atoms with Crippen molar-refractivity contribution < 1.29 is 14.6 Å². The van der Waals surface area contributed by atoms with E-state index in [1.807, 2.05) is 23.1 Å². The maximum atomic E-state index is 12.4. The van der Waals surface area contributed by atoms with Crippen LogP contribution in [0.4, 0.5) is 0 Å². The van der Waals surface area contributed by atoms with Gasteiger partial charge in [0.25, 0.3) is 0 Å². The molecule has 1 aliphatic rings. The van der Waals surface area contributed by atoms with Crippen molar-refractivity contribution >= 4 is 5.91 Å². The van der Waals surface area contributed by atoms with Crippen molar-refractivity contribution in [2.24, 2.45) is 0 Å². The molecule has 2 aromatic carbocycles. The summed E-state index contributed by atoms with van der Waals surface area (Å²) in [7, 11) is 0. The van der Waals surface area contributed by atoms with E-state index < -0.39 is 6.10 Å². The number of β-amino-alcohol motifs (C(OH)–C–C–N with tert-alkyl or cyclic N) is 1. The zero-order valence-corrected chi connectivity index (χ0v) is 17.2. The van der Waals surface area contributed by atoms with Crippen LogP contribution in [0.25, 0.3) is 0 Å². The van der Waals surface area contributed by atoms with Crippen LogP contribution in [0.15, 0.2) is 54.6 Å². The van der Waals surface area contributed by atoms with Gasteiger partial charge in [0, 0.05) is 39.1 Å². The van der Waals surface area contributed by atoms with E-state index in [-0.39, 0.29) is 12.5 Å². The number of carbonyl (C=O) groups is 1. The first kappa shape index (κ1) is 21.8. The monoisotopic (exact) mass is 407 g/mol. The van der Waals surface area contributed by atoms with Crippen LogP contribution >= 0.6 is 0 Å². The highest BCUT2D eigenvalue weighted by Crippen LogP contribution is 2.13. The molecule has 1 aliphatic heterocycles. The van der Waals surface area contributed by atoms with E-state index in [9.17, 15) is 9.90 Å². The van der Waals surface area contributed by atoms with Gasteiger partial charge in [0.05, 0.1) is 11.6 Å². The first-order valence-corrected chi connectivity index (χ1v) is 10.5. The fraction of sp³-hybridized carbons (Fsp3) is 0.417. The van der Waals surface area contributed by atoms with Gasteiger partial charge in [-0.05, 0) is 42.7 Å². The highest BCUT2D eigenvalue weighted by atomic mass is 16.5. The van der Waals surface area contributed by atoms with Gasteiger partial charge in [0.15, 0.2) is 0 Å². The molecule has 2 aromatic rings. The summed E-state index contributed by atoms with van der Waals surface area (Å²) in [6.45, 7) is 3.65. The topological polar surface area (TPSA) is 76.8 Å². The van der Waals surface area contributed by atoms with Gasteiger partial charge in [0.2, 0.25) is 5.91 Å². The standard InChI is InChI=1S/C24H29N3O3/c25-17-21-9-11-23(12-10-21)30-19-22(28)18-26-13-15-27(16-14-26)24(29)8-4-7-20-5-2-1-3-6-20/h1-3,5-6,9-12,22,28H,4,7-8,13-16,18-19H2. The molecule has 0 aliphatic carbocycles. The number of carbonyl (C=O) groups excluding carboxylic acids is 1. The maximum absolute atomic E-state index is 12.4. The number of hydrogen-bond acceptors (Lipinski definition) is 5. The fourth-order valence-corrected chi connectivity index (χ4v) is 3.60. The Hall–Kier alpha value is -2.88. The number of piperazine rings is 1. The molecule has 6 heteroatoms. The van der Waals surface area contributed by atoms with Crippen LogP contribution < -0.4 is 4.74 Å². The molecule has 0 spiro atoms. The van der Waals surface area contributed by atoms with Gasteiger partial charge in [0.1, 0.15) is 18.5 Å². The molecular weight excluding hydrogens is 378 g/mol. The first-order valence-electron chi connectivity index (χ1n) is 10.5. The minimum Gasteiger partial charge on any atom is -0.491 e. The molecule has 1 unspecified atom stereocenters. The van der Waals surface area contributed by atoms with Crippen LogP contribution in [0, 0.1) is 11.3 Å². The van der Waals surface area contributed by atoms with E-state index in [1.54, 1.807) is 24.3 Å². The maximum Gasteiger partial charge on any atom is 0.222 e. The number of amides is 1. The Kier molecular flexibility index (Phi) is 8.25. The first-order chi connectivity index (χ1) is 14.6. The third-order valence-electron chi connectivity index (χ3n) is 5.32. The number of benzene rings is 2. The Morgan fingerprint density at radius 2 is 1.77 bits per heavy atom. The molecule has 1 fully saturated rings. The van der Waals surface area contributed by atoms with Crippen LogP contribution in [0.2, 0.25) is 0 Å². The average molecular weight is 408 g/mol. The smallest absolute Gasteiger partial charge is 0.222 e. The molecule has 1 atom stereocenters. The number of nitrogens with zero attached hydrogens (tertiary/aromatic N) is 3. The van der Waals surface area contributed by atoms with Crippen LogP contribution in [-0.4, -0.2) is 66.2 Å². The summed E-state index contributed by atoms with van der Waals surface area (Å²) in [6.07, 6.45) is 1.77. The quantitative estimate of drug-likeness (QED) is 0.691. The van der Waals surface area contributed by atoms with Crippen LogP contribution in [0.3, 0.4) is 0 Å². The minimum absolute atomic E-state index is 0.199. The SMILES string of the molecule is N#Cc1ccc(OCC(O)CN2CCN(C(=O)CCCc3ccccc3)CC2)cc1. The Labute approximate surface area is 178 Å². The lowest BCUT2D eigenvalue weighted by atomic mass is 10.1. The third kappa shape index (κ3) is 6.87. The molecule has 3 rings (SSSR count). The van der Waals surface area contributed by atoms with E-state index in [0.29, 0.717) is 37.4 Å². The molecule has 0 saturated carbocycles. The van der Waals surface area contributed by atoms with Crippen LogP contribution in [-0.2, 0) is 11.2 Å². The summed E-state index contributed by atoms with van der Waals surface area (Å²) >= 11 is 0. The number of aryl methyl sites for hydroxylation is 1. The number of ether oxygens (including phenoxy) is 1. The molecule has 1 N–H and O–H groups in total. The lowest BCUT2D eigenvalue weighted by Crippen LogP contribution is -2.50. The molecule has 1 saturated heterocycles. The van der Waals surface area contributed by atoms with Crippen molar-refractivity contribution in [3.63, 3.8) is 0 Å². The van der Waals surface area contributed by atoms with Gasteiger partial charge in [-0.3, -0.25) is 9.69 Å². The van der Waals surface area contributed by atoms with Gasteiger partial charge in [-0.15, -0.1) is 0 Å². The number of aliphatic hydroxyl groups is 1. The highest BCUT2D eigenvalue weighted by Gasteiger charge is 2.22. The Bertz CT molecular complexity index is 825. The number of rotatable bonds is 9. The molecule has 1 amide bonds. The largest absolute Gasteiger partial charge is 0.491 e. The van der Waals surface area contributed by atoms with E-state index in [1.165, 1.54) is 5.56 Å². The van der Waals surface area contributed by atoms with Crippen molar-refractivity contribution in [1.29, 1.82) is 5.26 Å². The molecule has 158 valence electrons. The number of hydrogen-bond donors (Lipinski definition) is 1. The molecule has 0 radical (unpaired) electrons. The van der Waals surface area contributed by atoms with Gasteiger partial charge in [-0.2, -0.15) is 5.26 Å². The summed E-state index contributed by atoms with van der Waals surface area (Å²) in [5.74, 6) is 0.856. The molecule has 0 bridgehead atoms. The summed E-state index contributed by atoms with van der Waals surface area (Å²) in [5.41, 5.74) is 1.85. The van der Waals surface area contributed by atoms with Gasteiger partial charge >= 0.3 is 0 Å². The zero-order valence-electron chi connectivity index (χ0n) is 17.2. The number of nitriles is 1. The number of aliphatic hydroxyl groups excluding tert-OH is 1. The molecular formula is C24H29N3O3. The van der Waals surface area contributed by atoms with Crippen LogP contribution in [0.5, 0.6) is 5.75 Å². The van der Waals surface area contributed by atoms with Crippen molar-refractivity contribution in [1.82, 2.24) is 9.80 Å².